The first-order valence-corrected chi connectivity index (χ1v) is 7.56. The Balaban J connectivity index is 2.45. The first-order chi connectivity index (χ1) is 10.1. The van der Waals surface area contributed by atoms with E-state index >= 15 is 0 Å². The molecule has 1 aromatic rings. The van der Waals surface area contributed by atoms with Gasteiger partial charge in [-0.1, -0.05) is 25.8 Å². The van der Waals surface area contributed by atoms with Crippen LogP contribution in [0.25, 0.3) is 0 Å². The van der Waals surface area contributed by atoms with Gasteiger partial charge in [0, 0.05) is 12.2 Å². The molecule has 1 saturated carbocycles. The van der Waals surface area contributed by atoms with Crippen molar-refractivity contribution in [3.63, 3.8) is 0 Å². The van der Waals surface area contributed by atoms with Gasteiger partial charge < -0.3 is 10.1 Å². The molecule has 0 aliphatic heterocycles. The first kappa shape index (κ1) is 16.3. The van der Waals surface area contributed by atoms with Gasteiger partial charge in [0.1, 0.15) is 0 Å². The van der Waals surface area contributed by atoms with E-state index in [9.17, 15) is 13.2 Å². The highest BCUT2D eigenvalue weighted by molar-refractivity contribution is 5.27. The second-order valence-corrected chi connectivity index (χ2v) is 5.46. The molecule has 1 aromatic carbocycles. The fourth-order valence-electron chi connectivity index (χ4n) is 3.32. The van der Waals surface area contributed by atoms with Crippen molar-refractivity contribution >= 4 is 0 Å². The maximum absolute atomic E-state index is 14.2. The number of hydrogen-bond donors (Lipinski definition) is 1. The van der Waals surface area contributed by atoms with Crippen molar-refractivity contribution in [2.45, 2.75) is 51.2 Å². The van der Waals surface area contributed by atoms with Crippen LogP contribution in [0.4, 0.5) is 13.2 Å². The molecule has 0 saturated heterocycles. The van der Waals surface area contributed by atoms with Crippen LogP contribution < -0.4 is 5.32 Å². The molecule has 0 spiro atoms. The zero-order chi connectivity index (χ0) is 15.5. The molecule has 1 fully saturated rings. The van der Waals surface area contributed by atoms with Crippen LogP contribution in [0.1, 0.15) is 51.1 Å². The van der Waals surface area contributed by atoms with Gasteiger partial charge in [0.25, 0.3) is 0 Å². The number of ether oxygens (including phenoxy) is 1. The third-order valence-corrected chi connectivity index (χ3v) is 4.19. The van der Waals surface area contributed by atoms with Gasteiger partial charge in [0.2, 0.25) is 0 Å². The average Bonchev–Trinajstić information content (AvgIpc) is 2.93. The van der Waals surface area contributed by atoms with Gasteiger partial charge in [-0.15, -0.1) is 0 Å². The Morgan fingerprint density at radius 2 is 1.81 bits per heavy atom. The highest BCUT2D eigenvalue weighted by Gasteiger charge is 2.44. The van der Waals surface area contributed by atoms with Crippen molar-refractivity contribution in [3.8, 4) is 0 Å². The molecule has 1 N–H and O–H groups in total. The minimum atomic E-state index is -1.42. The molecule has 0 bridgehead atoms. The van der Waals surface area contributed by atoms with Gasteiger partial charge in [-0.25, -0.2) is 13.2 Å². The number of hydrogen-bond acceptors (Lipinski definition) is 2. The lowest BCUT2D eigenvalue weighted by Crippen LogP contribution is -2.45. The minimum Gasteiger partial charge on any atom is -0.373 e. The first-order valence-electron chi connectivity index (χ1n) is 7.56. The van der Waals surface area contributed by atoms with Gasteiger partial charge >= 0.3 is 0 Å². The zero-order valence-corrected chi connectivity index (χ0v) is 12.5. The second-order valence-electron chi connectivity index (χ2n) is 5.46. The average molecular weight is 301 g/mol. The molecule has 118 valence electrons. The van der Waals surface area contributed by atoms with E-state index in [1.54, 1.807) is 0 Å². The molecule has 1 aliphatic carbocycles. The second kappa shape index (κ2) is 6.79. The molecule has 0 radical (unpaired) electrons. The molecule has 2 rings (SSSR count). The van der Waals surface area contributed by atoms with Crippen LogP contribution in [-0.4, -0.2) is 18.8 Å². The summed E-state index contributed by atoms with van der Waals surface area (Å²) in [6.07, 6.45) is 3.56. The molecule has 21 heavy (non-hydrogen) atoms. The zero-order valence-electron chi connectivity index (χ0n) is 12.5. The quantitative estimate of drug-likeness (QED) is 0.799. The molecular formula is C16H22F3NO. The molecule has 0 heterocycles. The molecule has 5 heteroatoms. The highest BCUT2D eigenvalue weighted by atomic mass is 19.2. The minimum absolute atomic E-state index is 0.145. The van der Waals surface area contributed by atoms with Crippen LogP contribution in [0.15, 0.2) is 12.1 Å². The maximum atomic E-state index is 14.2. The van der Waals surface area contributed by atoms with Crippen molar-refractivity contribution in [2.24, 2.45) is 0 Å². The third-order valence-electron chi connectivity index (χ3n) is 4.19. The normalized spacial score (nSPS) is 18.9. The Hall–Kier alpha value is -1.07. The van der Waals surface area contributed by atoms with Gasteiger partial charge in [0.15, 0.2) is 17.5 Å². The van der Waals surface area contributed by atoms with Crippen molar-refractivity contribution in [2.75, 3.05) is 13.2 Å². The molecule has 0 amide bonds. The Labute approximate surface area is 123 Å². The van der Waals surface area contributed by atoms with Crippen LogP contribution in [0, 0.1) is 17.5 Å². The molecule has 0 aromatic heterocycles. The van der Waals surface area contributed by atoms with Gasteiger partial charge in [-0.2, -0.15) is 0 Å². The Morgan fingerprint density at radius 3 is 2.38 bits per heavy atom. The fourth-order valence-corrected chi connectivity index (χ4v) is 3.32. The maximum Gasteiger partial charge on any atom is 0.194 e. The van der Waals surface area contributed by atoms with E-state index in [0.29, 0.717) is 13.2 Å². The van der Waals surface area contributed by atoms with E-state index in [0.717, 1.165) is 31.7 Å². The monoisotopic (exact) mass is 301 g/mol. The topological polar surface area (TPSA) is 21.3 Å². The number of halogens is 3. The number of nitrogens with one attached hydrogen (secondary N) is 1. The van der Waals surface area contributed by atoms with E-state index in [4.69, 9.17) is 4.74 Å². The Morgan fingerprint density at radius 1 is 1.14 bits per heavy atom. The van der Waals surface area contributed by atoms with Crippen molar-refractivity contribution < 1.29 is 17.9 Å². The van der Waals surface area contributed by atoms with Crippen LogP contribution in [-0.2, 0) is 4.74 Å². The van der Waals surface area contributed by atoms with Crippen LogP contribution in [0.5, 0.6) is 0 Å². The lowest BCUT2D eigenvalue weighted by atomic mass is 9.86. The number of rotatable bonds is 6. The van der Waals surface area contributed by atoms with Gasteiger partial charge in [0.05, 0.1) is 11.6 Å². The summed E-state index contributed by atoms with van der Waals surface area (Å²) in [6.45, 7) is 4.90. The van der Waals surface area contributed by atoms with Crippen molar-refractivity contribution in [1.82, 2.24) is 5.32 Å². The fraction of sp³-hybridized carbons (Fsp3) is 0.625. The smallest absolute Gasteiger partial charge is 0.194 e. The van der Waals surface area contributed by atoms with E-state index < -0.39 is 29.1 Å². The van der Waals surface area contributed by atoms with Gasteiger partial charge in [-0.05, 0) is 32.4 Å². The lowest BCUT2D eigenvalue weighted by Gasteiger charge is -2.38. The Bertz CT molecular complexity index is 487. The summed E-state index contributed by atoms with van der Waals surface area (Å²) < 4.78 is 46.9. The molecule has 2 nitrogen and oxygen atoms in total. The van der Waals surface area contributed by atoms with Crippen molar-refractivity contribution in [3.05, 3.63) is 35.1 Å². The molecule has 1 unspecified atom stereocenters. The van der Waals surface area contributed by atoms with E-state index in [2.05, 4.69) is 5.32 Å². The lowest BCUT2D eigenvalue weighted by molar-refractivity contribution is -0.0631. The van der Waals surface area contributed by atoms with Gasteiger partial charge in [-0.3, -0.25) is 0 Å². The van der Waals surface area contributed by atoms with E-state index in [1.165, 1.54) is 6.07 Å². The summed E-state index contributed by atoms with van der Waals surface area (Å²) in [4.78, 5) is 0. The summed E-state index contributed by atoms with van der Waals surface area (Å²) in [6, 6.07) is 1.83. The van der Waals surface area contributed by atoms with Crippen molar-refractivity contribution in [1.29, 1.82) is 0 Å². The SMILES string of the molecule is CCNC(c1ccc(F)c(F)c1F)C1(OCC)CCCC1. The Kier molecular flexibility index (Phi) is 5.27. The summed E-state index contributed by atoms with van der Waals surface area (Å²) >= 11 is 0. The molecular weight excluding hydrogens is 279 g/mol. The van der Waals surface area contributed by atoms with E-state index in [-0.39, 0.29) is 5.56 Å². The van der Waals surface area contributed by atoms with Crippen LogP contribution in [0.3, 0.4) is 0 Å². The summed E-state index contributed by atoms with van der Waals surface area (Å²) in [7, 11) is 0. The predicted octanol–water partition coefficient (Wildman–Crippen LogP) is 4.10. The third kappa shape index (κ3) is 3.09. The van der Waals surface area contributed by atoms with E-state index in [1.807, 2.05) is 13.8 Å². The van der Waals surface area contributed by atoms with Crippen LogP contribution in [0.2, 0.25) is 0 Å². The summed E-state index contributed by atoms with van der Waals surface area (Å²) in [5, 5.41) is 3.20. The summed E-state index contributed by atoms with van der Waals surface area (Å²) in [5.41, 5.74) is -0.401. The largest absolute Gasteiger partial charge is 0.373 e. The van der Waals surface area contributed by atoms with Crippen LogP contribution >= 0.6 is 0 Å². The standard InChI is InChI=1S/C16H22F3NO/c1-3-20-15(16(21-4-2)9-5-6-10-16)11-7-8-12(17)14(19)13(11)18/h7-8,15,20H,3-6,9-10H2,1-2H3. The summed E-state index contributed by atoms with van der Waals surface area (Å²) in [5.74, 6) is -3.70. The number of likely N-dealkylation sites (N-methyl/N-ethyl adjacent to an activating group) is 1. The predicted molar refractivity (Wildman–Crippen MR) is 75.6 cm³/mol. The molecule has 1 aliphatic rings. The highest BCUT2D eigenvalue weighted by Crippen LogP contribution is 2.43. The molecule has 1 atom stereocenters. The number of benzene rings is 1.